The molecule has 2 aromatic heterocycles. The van der Waals surface area contributed by atoms with E-state index in [0.29, 0.717) is 12.2 Å². The highest BCUT2D eigenvalue weighted by atomic mass is 32.1. The van der Waals surface area contributed by atoms with Crippen LogP contribution in [0.1, 0.15) is 15.4 Å². The van der Waals surface area contributed by atoms with Crippen molar-refractivity contribution in [3.63, 3.8) is 0 Å². The minimum Gasteiger partial charge on any atom is -0.497 e. The average Bonchev–Trinajstić information content (AvgIpc) is 3.26. The van der Waals surface area contributed by atoms with Crippen LogP contribution < -0.4 is 10.1 Å². The van der Waals surface area contributed by atoms with Crippen LogP contribution >= 0.6 is 22.7 Å². The number of thiazole rings is 1. The molecule has 3 aromatic rings. The molecule has 0 fully saturated rings. The van der Waals surface area contributed by atoms with Crippen LogP contribution in [0.4, 0.5) is 0 Å². The number of ether oxygens (including phenoxy) is 1. The van der Waals surface area contributed by atoms with Crippen molar-refractivity contribution in [3.8, 4) is 16.3 Å². The van der Waals surface area contributed by atoms with E-state index >= 15 is 0 Å². The molecule has 0 bridgehead atoms. The molecule has 2 heterocycles. The number of hydrogen-bond donors (Lipinski definition) is 1. The predicted molar refractivity (Wildman–Crippen MR) is 94.5 cm³/mol. The van der Waals surface area contributed by atoms with E-state index in [0.717, 1.165) is 22.7 Å². The third-order valence-electron chi connectivity index (χ3n) is 3.31. The molecule has 6 heteroatoms. The van der Waals surface area contributed by atoms with Crippen molar-refractivity contribution in [1.29, 1.82) is 0 Å². The van der Waals surface area contributed by atoms with E-state index in [9.17, 15) is 4.79 Å². The molecule has 0 radical (unpaired) electrons. The fourth-order valence-corrected chi connectivity index (χ4v) is 3.60. The number of rotatable bonds is 6. The van der Waals surface area contributed by atoms with Gasteiger partial charge in [0, 0.05) is 22.4 Å². The van der Waals surface area contributed by atoms with Crippen LogP contribution in [-0.4, -0.2) is 24.5 Å². The first-order chi connectivity index (χ1) is 11.3. The summed E-state index contributed by atoms with van der Waals surface area (Å²) >= 11 is 3.16. The van der Waals surface area contributed by atoms with Gasteiger partial charge in [-0.05, 0) is 42.1 Å². The molecule has 4 nitrogen and oxygen atoms in total. The Bertz CT molecular complexity index is 764. The molecule has 0 aliphatic heterocycles. The average molecular weight is 344 g/mol. The summed E-state index contributed by atoms with van der Waals surface area (Å²) in [7, 11) is 1.64. The van der Waals surface area contributed by atoms with Gasteiger partial charge in [-0.3, -0.25) is 4.79 Å². The summed E-state index contributed by atoms with van der Waals surface area (Å²) in [5.74, 6) is 0.675. The second-order valence-electron chi connectivity index (χ2n) is 4.85. The van der Waals surface area contributed by atoms with E-state index in [1.54, 1.807) is 23.8 Å². The fraction of sp³-hybridized carbons (Fsp3) is 0.176. The minimum absolute atomic E-state index is 0.127. The third-order valence-corrected chi connectivity index (χ3v) is 5.14. The Morgan fingerprint density at radius 1 is 1.22 bits per heavy atom. The van der Waals surface area contributed by atoms with Gasteiger partial charge in [0.1, 0.15) is 16.5 Å². The highest BCUT2D eigenvalue weighted by molar-refractivity contribution is 7.13. The Morgan fingerprint density at radius 3 is 2.74 bits per heavy atom. The zero-order valence-corrected chi connectivity index (χ0v) is 14.2. The van der Waals surface area contributed by atoms with Crippen LogP contribution in [0.15, 0.2) is 47.2 Å². The number of methoxy groups -OCH3 is 1. The van der Waals surface area contributed by atoms with E-state index in [2.05, 4.69) is 16.4 Å². The maximum Gasteiger partial charge on any atom is 0.270 e. The van der Waals surface area contributed by atoms with Gasteiger partial charge in [-0.25, -0.2) is 4.98 Å². The summed E-state index contributed by atoms with van der Waals surface area (Å²) in [4.78, 5) is 17.8. The number of carbonyl (C=O) groups is 1. The van der Waals surface area contributed by atoms with Gasteiger partial charge in [-0.15, -0.1) is 22.7 Å². The fourth-order valence-electron chi connectivity index (χ4n) is 2.09. The Kier molecular flexibility index (Phi) is 5.05. The first-order valence-corrected chi connectivity index (χ1v) is 8.93. The summed E-state index contributed by atoms with van der Waals surface area (Å²) in [6.45, 7) is 0.620. The largest absolute Gasteiger partial charge is 0.497 e. The van der Waals surface area contributed by atoms with Crippen LogP contribution in [-0.2, 0) is 6.42 Å². The second-order valence-corrected chi connectivity index (χ2v) is 6.74. The number of benzene rings is 1. The minimum atomic E-state index is -0.127. The van der Waals surface area contributed by atoms with Crippen LogP contribution in [0.5, 0.6) is 5.75 Å². The van der Waals surface area contributed by atoms with Crippen LogP contribution in [0.2, 0.25) is 0 Å². The van der Waals surface area contributed by atoms with Crippen LogP contribution in [0, 0.1) is 0 Å². The Balaban J connectivity index is 1.60. The Morgan fingerprint density at radius 2 is 2.04 bits per heavy atom. The molecule has 3 rings (SSSR count). The summed E-state index contributed by atoms with van der Waals surface area (Å²) < 4.78 is 5.14. The number of nitrogens with one attached hydrogen (secondary N) is 1. The second kappa shape index (κ2) is 7.39. The number of carbonyl (C=O) groups excluding carboxylic acids is 1. The monoisotopic (exact) mass is 344 g/mol. The third kappa shape index (κ3) is 3.97. The van der Waals surface area contributed by atoms with Gasteiger partial charge in [-0.1, -0.05) is 6.07 Å². The van der Waals surface area contributed by atoms with Crippen LogP contribution in [0.25, 0.3) is 10.6 Å². The molecule has 0 unspecified atom stereocenters. The van der Waals surface area contributed by atoms with Crippen molar-refractivity contribution >= 4 is 28.6 Å². The number of amides is 1. The van der Waals surface area contributed by atoms with E-state index in [1.165, 1.54) is 16.2 Å². The molecule has 0 spiro atoms. The molecule has 0 saturated heterocycles. The summed E-state index contributed by atoms with van der Waals surface area (Å²) in [5.41, 5.74) is 1.44. The van der Waals surface area contributed by atoms with E-state index in [-0.39, 0.29) is 5.91 Å². The Labute approximate surface area is 142 Å². The molecule has 23 heavy (non-hydrogen) atoms. The molecule has 118 valence electrons. The molecule has 0 saturated carbocycles. The van der Waals surface area contributed by atoms with E-state index < -0.39 is 0 Å². The molecule has 1 N–H and O–H groups in total. The molecular weight excluding hydrogens is 328 g/mol. The highest BCUT2D eigenvalue weighted by Gasteiger charge is 2.11. The topological polar surface area (TPSA) is 51.2 Å². The molecule has 1 aromatic carbocycles. The number of thiophene rings is 1. The maximum atomic E-state index is 12.1. The highest BCUT2D eigenvalue weighted by Crippen LogP contribution is 2.25. The lowest BCUT2D eigenvalue weighted by molar-refractivity contribution is 0.0950. The quantitative estimate of drug-likeness (QED) is 0.739. The van der Waals surface area contributed by atoms with Gasteiger partial charge in [0.2, 0.25) is 0 Å². The lowest BCUT2D eigenvalue weighted by atomic mass is 10.2. The zero-order chi connectivity index (χ0) is 16.1. The summed E-state index contributed by atoms with van der Waals surface area (Å²) in [6.07, 6.45) is 0.846. The van der Waals surface area contributed by atoms with Crippen LogP contribution in [0.3, 0.4) is 0 Å². The molecule has 1 amide bonds. The maximum absolute atomic E-state index is 12.1. The van der Waals surface area contributed by atoms with Crippen molar-refractivity contribution in [3.05, 3.63) is 57.7 Å². The summed E-state index contributed by atoms with van der Waals surface area (Å²) in [5, 5.41) is 7.57. The molecule has 0 aliphatic rings. The normalized spacial score (nSPS) is 10.5. The van der Waals surface area contributed by atoms with Crippen molar-refractivity contribution in [2.45, 2.75) is 6.42 Å². The van der Waals surface area contributed by atoms with Crippen molar-refractivity contribution < 1.29 is 9.53 Å². The smallest absolute Gasteiger partial charge is 0.270 e. The van der Waals surface area contributed by atoms with Gasteiger partial charge in [0.05, 0.1) is 7.11 Å². The lowest BCUT2D eigenvalue weighted by Gasteiger charge is -2.02. The van der Waals surface area contributed by atoms with Gasteiger partial charge in [0.25, 0.3) is 5.91 Å². The first-order valence-electron chi connectivity index (χ1n) is 7.17. The number of nitrogens with zero attached hydrogens (tertiary/aromatic N) is 1. The van der Waals surface area contributed by atoms with Gasteiger partial charge >= 0.3 is 0 Å². The van der Waals surface area contributed by atoms with E-state index in [4.69, 9.17) is 4.74 Å². The first kappa shape index (κ1) is 15.7. The van der Waals surface area contributed by atoms with Crippen molar-refractivity contribution in [2.75, 3.05) is 13.7 Å². The van der Waals surface area contributed by atoms with Gasteiger partial charge in [-0.2, -0.15) is 0 Å². The van der Waals surface area contributed by atoms with E-state index in [1.807, 2.05) is 35.7 Å². The Hall–Kier alpha value is -2.18. The SMILES string of the molecule is COc1ccc(-c2nc(C(=O)NCCc3cccs3)cs2)cc1. The van der Waals surface area contributed by atoms with Gasteiger partial charge in [0.15, 0.2) is 0 Å². The standard InChI is InChI=1S/C17H16N2O2S2/c1-21-13-6-4-12(5-7-13)17-19-15(11-23-17)16(20)18-9-8-14-3-2-10-22-14/h2-7,10-11H,8-9H2,1H3,(H,18,20). The number of aromatic nitrogens is 1. The zero-order valence-electron chi connectivity index (χ0n) is 12.6. The van der Waals surface area contributed by atoms with Crippen molar-refractivity contribution in [1.82, 2.24) is 10.3 Å². The predicted octanol–water partition coefficient (Wildman–Crippen LogP) is 3.85. The molecular formula is C17H16N2O2S2. The number of hydrogen-bond acceptors (Lipinski definition) is 5. The molecule has 0 aliphatic carbocycles. The lowest BCUT2D eigenvalue weighted by Crippen LogP contribution is -2.25. The van der Waals surface area contributed by atoms with Gasteiger partial charge < -0.3 is 10.1 Å². The van der Waals surface area contributed by atoms with Crippen molar-refractivity contribution in [2.24, 2.45) is 0 Å². The molecule has 0 atom stereocenters. The summed E-state index contributed by atoms with van der Waals surface area (Å²) in [6, 6.07) is 11.7.